The Morgan fingerprint density at radius 1 is 1.06 bits per heavy atom. The molecule has 156 valence electrons. The van der Waals surface area contributed by atoms with E-state index in [4.69, 9.17) is 23.2 Å². The molecule has 0 fully saturated rings. The molecule has 0 radical (unpaired) electrons. The van der Waals surface area contributed by atoms with Crippen molar-refractivity contribution in [1.82, 2.24) is 9.78 Å². The van der Waals surface area contributed by atoms with Gasteiger partial charge in [-0.1, -0.05) is 47.5 Å². The molecule has 0 unspecified atom stereocenters. The maximum absolute atomic E-state index is 13.0. The molecule has 1 aliphatic heterocycles. The summed E-state index contributed by atoms with van der Waals surface area (Å²) in [6, 6.07) is 13.8. The number of ketones is 1. The van der Waals surface area contributed by atoms with Crippen LogP contribution in [-0.2, 0) is 4.79 Å². The standard InChI is InChI=1S/C23H18Cl2N4O2/c24-15-8-4-9-16(25)19(15)21-20-17(10-5-11-18(20)30)28-22-14(12-26-29(21)22)23(31)27-13-6-2-1-3-7-13/h1-4,6-9,12,21,28H,5,10-11H2,(H,27,31)/t21-/m1/s1. The Bertz CT molecular complexity index is 1210. The lowest BCUT2D eigenvalue weighted by molar-refractivity contribution is -0.116. The van der Waals surface area contributed by atoms with Gasteiger partial charge in [-0.2, -0.15) is 5.10 Å². The number of anilines is 2. The number of para-hydroxylation sites is 1. The van der Waals surface area contributed by atoms with Gasteiger partial charge in [0.05, 0.1) is 6.20 Å². The summed E-state index contributed by atoms with van der Waals surface area (Å²) in [6.07, 6.45) is 3.40. The zero-order valence-electron chi connectivity index (χ0n) is 16.4. The van der Waals surface area contributed by atoms with Gasteiger partial charge in [-0.15, -0.1) is 0 Å². The van der Waals surface area contributed by atoms with E-state index in [1.54, 1.807) is 22.9 Å². The van der Waals surface area contributed by atoms with Gasteiger partial charge in [0.2, 0.25) is 0 Å². The van der Waals surface area contributed by atoms with E-state index in [0.29, 0.717) is 51.1 Å². The number of nitrogens with one attached hydrogen (secondary N) is 2. The first kappa shape index (κ1) is 19.8. The lowest BCUT2D eigenvalue weighted by Gasteiger charge is -2.34. The number of carbonyl (C=O) groups is 2. The number of rotatable bonds is 3. The van der Waals surface area contributed by atoms with Gasteiger partial charge in [0.25, 0.3) is 5.91 Å². The first-order valence-corrected chi connectivity index (χ1v) is 10.7. The summed E-state index contributed by atoms with van der Waals surface area (Å²) in [5, 5.41) is 11.5. The van der Waals surface area contributed by atoms with Crippen molar-refractivity contribution in [3.8, 4) is 0 Å². The van der Waals surface area contributed by atoms with Crippen LogP contribution in [0.1, 0.15) is 41.2 Å². The fourth-order valence-electron chi connectivity index (χ4n) is 4.18. The Hall–Kier alpha value is -3.09. The molecular formula is C23H18Cl2N4O2. The van der Waals surface area contributed by atoms with E-state index >= 15 is 0 Å². The minimum atomic E-state index is -0.599. The summed E-state index contributed by atoms with van der Waals surface area (Å²) >= 11 is 13.1. The Labute approximate surface area is 188 Å². The zero-order valence-corrected chi connectivity index (χ0v) is 17.9. The monoisotopic (exact) mass is 452 g/mol. The smallest absolute Gasteiger partial charge is 0.261 e. The summed E-state index contributed by atoms with van der Waals surface area (Å²) in [6.45, 7) is 0. The van der Waals surface area contributed by atoms with Gasteiger partial charge < -0.3 is 10.6 Å². The van der Waals surface area contributed by atoms with Crippen LogP contribution in [0.2, 0.25) is 10.0 Å². The average molecular weight is 453 g/mol. The fraction of sp³-hybridized carbons (Fsp3) is 0.174. The van der Waals surface area contributed by atoms with Gasteiger partial charge in [0.1, 0.15) is 17.4 Å². The molecule has 0 saturated heterocycles. The van der Waals surface area contributed by atoms with E-state index in [2.05, 4.69) is 15.7 Å². The summed E-state index contributed by atoms with van der Waals surface area (Å²) < 4.78 is 1.63. The SMILES string of the molecule is O=C1CCCC2=C1[C@@H](c1c(Cl)cccc1Cl)n1ncc(C(=O)Nc3ccccc3)c1N2. The van der Waals surface area contributed by atoms with Crippen molar-refractivity contribution in [2.75, 3.05) is 10.6 Å². The zero-order chi connectivity index (χ0) is 21.5. The molecule has 5 rings (SSSR count). The summed E-state index contributed by atoms with van der Waals surface area (Å²) in [5.41, 5.74) is 3.06. The highest BCUT2D eigenvalue weighted by Gasteiger charge is 2.39. The number of aromatic nitrogens is 2. The van der Waals surface area contributed by atoms with Crippen LogP contribution < -0.4 is 10.6 Å². The summed E-state index contributed by atoms with van der Waals surface area (Å²) in [5.74, 6) is 0.254. The van der Waals surface area contributed by atoms with Crippen molar-refractivity contribution in [3.05, 3.63) is 87.2 Å². The molecule has 1 atom stereocenters. The number of Topliss-reactive ketones (excluding diaryl/α,β-unsaturated/α-hetero) is 1. The highest BCUT2D eigenvalue weighted by atomic mass is 35.5. The molecule has 3 aromatic rings. The van der Waals surface area contributed by atoms with Crippen LogP contribution >= 0.6 is 23.2 Å². The maximum atomic E-state index is 13.0. The molecule has 0 saturated carbocycles. The Morgan fingerprint density at radius 3 is 2.55 bits per heavy atom. The molecule has 31 heavy (non-hydrogen) atoms. The molecular weight excluding hydrogens is 435 g/mol. The number of halogens is 2. The highest BCUT2D eigenvalue weighted by Crippen LogP contribution is 2.45. The minimum absolute atomic E-state index is 0.0335. The topological polar surface area (TPSA) is 76.0 Å². The van der Waals surface area contributed by atoms with E-state index in [1.807, 2.05) is 30.3 Å². The largest absolute Gasteiger partial charge is 0.343 e. The predicted octanol–water partition coefficient (Wildman–Crippen LogP) is 5.46. The molecule has 8 heteroatoms. The molecule has 2 aromatic carbocycles. The first-order chi connectivity index (χ1) is 15.0. The number of hydrogen-bond donors (Lipinski definition) is 2. The first-order valence-electron chi connectivity index (χ1n) is 9.95. The Balaban J connectivity index is 1.63. The second-order valence-corrected chi connectivity index (χ2v) is 8.32. The van der Waals surface area contributed by atoms with Crippen LogP contribution in [0.3, 0.4) is 0 Å². The van der Waals surface area contributed by atoms with Crippen molar-refractivity contribution >= 4 is 46.4 Å². The van der Waals surface area contributed by atoms with Crippen LogP contribution in [-0.4, -0.2) is 21.5 Å². The Kier molecular flexibility index (Phi) is 5.04. The second-order valence-electron chi connectivity index (χ2n) is 7.50. The van der Waals surface area contributed by atoms with Gasteiger partial charge in [-0.3, -0.25) is 9.59 Å². The molecule has 0 bridgehead atoms. The molecule has 0 spiro atoms. The normalized spacial score (nSPS) is 17.6. The lowest BCUT2D eigenvalue weighted by atomic mass is 9.85. The van der Waals surface area contributed by atoms with Gasteiger partial charge in [0.15, 0.2) is 5.78 Å². The third kappa shape index (κ3) is 3.42. The van der Waals surface area contributed by atoms with Gasteiger partial charge in [-0.05, 0) is 37.1 Å². The number of fused-ring (bicyclic) bond motifs is 1. The number of hydrogen-bond acceptors (Lipinski definition) is 4. The van der Waals surface area contributed by atoms with Gasteiger partial charge >= 0.3 is 0 Å². The van der Waals surface area contributed by atoms with E-state index in [9.17, 15) is 9.59 Å². The van der Waals surface area contributed by atoms with Gasteiger partial charge in [0, 0.05) is 39.0 Å². The van der Waals surface area contributed by atoms with Gasteiger partial charge in [-0.25, -0.2) is 4.68 Å². The third-order valence-electron chi connectivity index (χ3n) is 5.59. The van der Waals surface area contributed by atoms with Crippen LogP contribution in [0.15, 0.2) is 66.0 Å². The van der Waals surface area contributed by atoms with Crippen molar-refractivity contribution < 1.29 is 9.59 Å². The van der Waals surface area contributed by atoms with Crippen LogP contribution in [0.5, 0.6) is 0 Å². The highest BCUT2D eigenvalue weighted by molar-refractivity contribution is 6.36. The third-order valence-corrected chi connectivity index (χ3v) is 6.25. The van der Waals surface area contributed by atoms with Crippen molar-refractivity contribution in [1.29, 1.82) is 0 Å². The molecule has 2 heterocycles. The van der Waals surface area contributed by atoms with E-state index < -0.39 is 6.04 Å². The predicted molar refractivity (Wildman–Crippen MR) is 121 cm³/mol. The second kappa shape index (κ2) is 7.87. The molecule has 6 nitrogen and oxygen atoms in total. The molecule has 1 aliphatic carbocycles. The van der Waals surface area contributed by atoms with Crippen molar-refractivity contribution in [2.45, 2.75) is 25.3 Å². The van der Waals surface area contributed by atoms with E-state index in [0.717, 1.165) is 12.1 Å². The maximum Gasteiger partial charge on any atom is 0.261 e. The van der Waals surface area contributed by atoms with Crippen LogP contribution in [0.4, 0.5) is 11.5 Å². The number of benzene rings is 2. The molecule has 1 amide bonds. The molecule has 2 aliphatic rings. The lowest BCUT2D eigenvalue weighted by Crippen LogP contribution is -2.32. The van der Waals surface area contributed by atoms with E-state index in [1.165, 1.54) is 6.20 Å². The quantitative estimate of drug-likeness (QED) is 0.552. The minimum Gasteiger partial charge on any atom is -0.343 e. The average Bonchev–Trinajstić information content (AvgIpc) is 3.18. The number of carbonyl (C=O) groups excluding carboxylic acids is 2. The molecule has 2 N–H and O–H groups in total. The summed E-state index contributed by atoms with van der Waals surface area (Å²) in [4.78, 5) is 25.9. The van der Waals surface area contributed by atoms with Crippen molar-refractivity contribution in [3.63, 3.8) is 0 Å². The summed E-state index contributed by atoms with van der Waals surface area (Å²) in [7, 11) is 0. The number of nitrogens with zero attached hydrogens (tertiary/aromatic N) is 2. The van der Waals surface area contributed by atoms with Crippen LogP contribution in [0, 0.1) is 0 Å². The number of amides is 1. The van der Waals surface area contributed by atoms with Crippen LogP contribution in [0.25, 0.3) is 0 Å². The Morgan fingerprint density at radius 2 is 1.81 bits per heavy atom. The number of allylic oxidation sites excluding steroid dienone is 2. The van der Waals surface area contributed by atoms with Crippen molar-refractivity contribution in [2.24, 2.45) is 0 Å². The molecule has 1 aromatic heterocycles. The van der Waals surface area contributed by atoms with E-state index in [-0.39, 0.29) is 11.7 Å². The fourth-order valence-corrected chi connectivity index (χ4v) is 4.79.